The zero-order valence-corrected chi connectivity index (χ0v) is 7.78. The monoisotopic (exact) mass is 213 g/mol. The molecule has 3 atom stereocenters. The van der Waals surface area contributed by atoms with Crippen molar-refractivity contribution in [3.63, 3.8) is 0 Å². The molecule has 0 radical (unpaired) electrons. The smallest absolute Gasteiger partial charge is 0.351 e. The van der Waals surface area contributed by atoms with Crippen LogP contribution in [0, 0.1) is 0 Å². The maximum Gasteiger partial charge on any atom is 0.351 e. The zero-order chi connectivity index (χ0) is 11.0. The van der Waals surface area contributed by atoms with Crippen molar-refractivity contribution in [2.24, 2.45) is 0 Å². The molecule has 0 amide bonds. The molecule has 0 spiro atoms. The molecule has 7 nitrogen and oxygen atoms in total. The highest BCUT2D eigenvalue weighted by Crippen LogP contribution is 2.22. The third-order valence-electron chi connectivity index (χ3n) is 2.25. The Balaban J connectivity index is 2.34. The first-order valence-electron chi connectivity index (χ1n) is 4.42. The Morgan fingerprint density at radius 1 is 1.60 bits per heavy atom. The van der Waals surface area contributed by atoms with Gasteiger partial charge in [-0.25, -0.2) is 4.79 Å². The fourth-order valence-electron chi connectivity index (χ4n) is 1.45. The molecule has 2 heterocycles. The number of nitrogens with two attached hydrogens (primary N) is 1. The molecule has 1 aliphatic heterocycles. The number of nitrogen functional groups attached to an aromatic ring is 1. The number of anilines is 1. The first-order chi connectivity index (χ1) is 7.09. The topological polar surface area (TPSA) is 111 Å². The molecule has 82 valence electrons. The zero-order valence-electron chi connectivity index (χ0n) is 7.78. The predicted octanol–water partition coefficient (Wildman–Crippen LogP) is -1.92. The van der Waals surface area contributed by atoms with Gasteiger partial charge in [0.1, 0.15) is 18.0 Å². The molecule has 1 aliphatic rings. The summed E-state index contributed by atoms with van der Waals surface area (Å²) in [7, 11) is 0. The third kappa shape index (κ3) is 1.72. The second kappa shape index (κ2) is 3.61. The van der Waals surface area contributed by atoms with Gasteiger partial charge in [0.2, 0.25) is 0 Å². The molecule has 1 fully saturated rings. The molecule has 4 N–H and O–H groups in total. The van der Waals surface area contributed by atoms with Crippen LogP contribution >= 0.6 is 0 Å². The summed E-state index contributed by atoms with van der Waals surface area (Å²) in [4.78, 5) is 14.9. The van der Waals surface area contributed by atoms with Crippen LogP contribution in [0.15, 0.2) is 17.1 Å². The third-order valence-corrected chi connectivity index (χ3v) is 2.25. The molecule has 0 saturated carbocycles. The fourth-order valence-corrected chi connectivity index (χ4v) is 1.45. The highest BCUT2D eigenvalue weighted by molar-refractivity contribution is 5.23. The standard InChI is InChI=1S/C8H11N3O4/c9-5-1-2-11(8(14)10-5)7-6(13)4(12)3-15-7/h1-2,4,6-7,12-13H,3H2,(H2,9,10,14)/t4-,6+,7+/m0/s1. The van der Waals surface area contributed by atoms with E-state index in [-0.39, 0.29) is 12.4 Å². The predicted molar refractivity (Wildman–Crippen MR) is 49.9 cm³/mol. The van der Waals surface area contributed by atoms with Gasteiger partial charge in [0.05, 0.1) is 6.61 Å². The van der Waals surface area contributed by atoms with E-state index in [1.807, 2.05) is 0 Å². The van der Waals surface area contributed by atoms with E-state index in [9.17, 15) is 15.0 Å². The van der Waals surface area contributed by atoms with Crippen molar-refractivity contribution in [2.45, 2.75) is 18.4 Å². The molecule has 1 saturated heterocycles. The summed E-state index contributed by atoms with van der Waals surface area (Å²) < 4.78 is 6.16. The molecule has 1 aromatic rings. The van der Waals surface area contributed by atoms with Gasteiger partial charge in [-0.3, -0.25) is 4.57 Å². The maximum absolute atomic E-state index is 11.4. The molecular weight excluding hydrogens is 202 g/mol. The van der Waals surface area contributed by atoms with Crippen molar-refractivity contribution < 1.29 is 14.9 Å². The average molecular weight is 213 g/mol. The van der Waals surface area contributed by atoms with Gasteiger partial charge in [0.25, 0.3) is 0 Å². The molecule has 15 heavy (non-hydrogen) atoms. The SMILES string of the molecule is Nc1ccn([C@@H]2OC[C@H](O)[C@H]2O)c(=O)n1. The number of rotatable bonds is 1. The minimum Gasteiger partial charge on any atom is -0.388 e. The van der Waals surface area contributed by atoms with Crippen LogP contribution < -0.4 is 11.4 Å². The summed E-state index contributed by atoms with van der Waals surface area (Å²) >= 11 is 0. The maximum atomic E-state index is 11.4. The Kier molecular flexibility index (Phi) is 2.43. The first kappa shape index (κ1) is 10.1. The first-order valence-corrected chi connectivity index (χ1v) is 4.42. The summed E-state index contributed by atoms with van der Waals surface area (Å²) in [5, 5.41) is 18.8. The summed E-state index contributed by atoms with van der Waals surface area (Å²) in [6.45, 7) is -0.0113. The lowest BCUT2D eigenvalue weighted by Crippen LogP contribution is -2.34. The van der Waals surface area contributed by atoms with Crippen molar-refractivity contribution in [1.29, 1.82) is 0 Å². The number of aromatic nitrogens is 2. The van der Waals surface area contributed by atoms with Gasteiger partial charge < -0.3 is 20.7 Å². The lowest BCUT2D eigenvalue weighted by molar-refractivity contribution is -0.0211. The van der Waals surface area contributed by atoms with Crippen LogP contribution in [0.2, 0.25) is 0 Å². The lowest BCUT2D eigenvalue weighted by Gasteiger charge is -2.16. The number of nitrogens with zero attached hydrogens (tertiary/aromatic N) is 2. The highest BCUT2D eigenvalue weighted by Gasteiger charge is 2.36. The van der Waals surface area contributed by atoms with Gasteiger partial charge in [-0.15, -0.1) is 0 Å². The molecule has 0 unspecified atom stereocenters. The minimum absolute atomic E-state index is 0.0113. The lowest BCUT2D eigenvalue weighted by atomic mass is 10.2. The second-order valence-corrected chi connectivity index (χ2v) is 3.32. The Labute approximate surface area is 84.7 Å². The van der Waals surface area contributed by atoms with Crippen LogP contribution in [0.3, 0.4) is 0 Å². The van der Waals surface area contributed by atoms with Crippen LogP contribution in [-0.4, -0.2) is 38.6 Å². The molecule has 0 aromatic carbocycles. The van der Waals surface area contributed by atoms with E-state index in [0.29, 0.717) is 0 Å². The van der Waals surface area contributed by atoms with Crippen LogP contribution in [-0.2, 0) is 4.74 Å². The minimum atomic E-state index is -1.13. The molecule has 0 bridgehead atoms. The summed E-state index contributed by atoms with van der Waals surface area (Å²) in [6.07, 6.45) is -1.65. The number of ether oxygens (including phenoxy) is 1. The van der Waals surface area contributed by atoms with E-state index in [1.165, 1.54) is 12.3 Å². The Morgan fingerprint density at radius 3 is 2.87 bits per heavy atom. The van der Waals surface area contributed by atoms with Gasteiger partial charge >= 0.3 is 5.69 Å². The quantitative estimate of drug-likeness (QED) is 0.501. The molecule has 7 heteroatoms. The summed E-state index contributed by atoms with van der Waals surface area (Å²) in [5.74, 6) is 0.101. The van der Waals surface area contributed by atoms with Crippen LogP contribution in [0.1, 0.15) is 6.23 Å². The molecule has 2 rings (SSSR count). The van der Waals surface area contributed by atoms with Crippen molar-refractivity contribution in [2.75, 3.05) is 12.3 Å². The molecule has 1 aromatic heterocycles. The van der Waals surface area contributed by atoms with Crippen molar-refractivity contribution >= 4 is 5.82 Å². The van der Waals surface area contributed by atoms with Gasteiger partial charge in [0, 0.05) is 6.20 Å². The summed E-state index contributed by atoms with van der Waals surface area (Å²) in [5.41, 5.74) is 4.69. The van der Waals surface area contributed by atoms with Crippen molar-refractivity contribution in [1.82, 2.24) is 9.55 Å². The largest absolute Gasteiger partial charge is 0.388 e. The number of aliphatic hydroxyl groups is 2. The number of aliphatic hydroxyl groups excluding tert-OH is 2. The van der Waals surface area contributed by atoms with Crippen molar-refractivity contribution in [3.8, 4) is 0 Å². The highest BCUT2D eigenvalue weighted by atomic mass is 16.5. The molecule has 0 aliphatic carbocycles. The van der Waals surface area contributed by atoms with Crippen LogP contribution in [0.25, 0.3) is 0 Å². The Bertz CT molecular complexity index is 419. The van der Waals surface area contributed by atoms with Gasteiger partial charge in [0.15, 0.2) is 6.23 Å². The number of hydrogen-bond donors (Lipinski definition) is 3. The van der Waals surface area contributed by atoms with Crippen LogP contribution in [0.5, 0.6) is 0 Å². The van der Waals surface area contributed by atoms with E-state index in [0.717, 1.165) is 4.57 Å². The Morgan fingerprint density at radius 2 is 2.33 bits per heavy atom. The fraction of sp³-hybridized carbons (Fsp3) is 0.500. The van der Waals surface area contributed by atoms with Gasteiger partial charge in [-0.05, 0) is 6.07 Å². The number of hydrogen-bond acceptors (Lipinski definition) is 6. The van der Waals surface area contributed by atoms with Gasteiger partial charge in [-0.2, -0.15) is 4.98 Å². The van der Waals surface area contributed by atoms with E-state index in [2.05, 4.69) is 4.98 Å². The Hall–Kier alpha value is -1.44. The average Bonchev–Trinajstić information content (AvgIpc) is 2.49. The van der Waals surface area contributed by atoms with E-state index in [4.69, 9.17) is 10.5 Å². The van der Waals surface area contributed by atoms with Crippen molar-refractivity contribution in [3.05, 3.63) is 22.7 Å². The summed E-state index contributed by atoms with van der Waals surface area (Å²) in [6, 6.07) is 1.42. The second-order valence-electron chi connectivity index (χ2n) is 3.32. The van der Waals surface area contributed by atoms with E-state index >= 15 is 0 Å². The molecular formula is C8H11N3O4. The van der Waals surface area contributed by atoms with E-state index < -0.39 is 24.1 Å². The van der Waals surface area contributed by atoms with Crippen LogP contribution in [0.4, 0.5) is 5.82 Å². The normalized spacial score (nSPS) is 30.7. The van der Waals surface area contributed by atoms with E-state index in [1.54, 1.807) is 0 Å². The van der Waals surface area contributed by atoms with Gasteiger partial charge in [-0.1, -0.05) is 0 Å².